The van der Waals surface area contributed by atoms with Crippen LogP contribution in [0.25, 0.3) is 0 Å². The second kappa shape index (κ2) is 7.70. The van der Waals surface area contributed by atoms with Crippen molar-refractivity contribution in [3.8, 4) is 0 Å². The number of rotatable bonds is 4. The molecule has 1 aromatic carbocycles. The zero-order chi connectivity index (χ0) is 19.8. The first-order chi connectivity index (χ1) is 14.2. The molecule has 1 unspecified atom stereocenters. The molecule has 2 saturated heterocycles. The van der Waals surface area contributed by atoms with Crippen LogP contribution in [0.5, 0.6) is 0 Å². The van der Waals surface area contributed by atoms with Crippen molar-refractivity contribution in [2.24, 2.45) is 0 Å². The highest BCUT2D eigenvalue weighted by molar-refractivity contribution is 7.98. The molecular weight excluding hydrogens is 384 g/mol. The summed E-state index contributed by atoms with van der Waals surface area (Å²) in [5, 5.41) is 0. The summed E-state index contributed by atoms with van der Waals surface area (Å²) in [5.74, 6) is 0.700. The molecule has 2 aromatic rings. The van der Waals surface area contributed by atoms with Crippen molar-refractivity contribution in [2.75, 3.05) is 37.4 Å². The van der Waals surface area contributed by atoms with Gasteiger partial charge in [0, 0.05) is 42.7 Å². The molecule has 152 valence electrons. The number of thioether (sulfide) groups is 1. The molecule has 1 amide bonds. The Morgan fingerprint density at radius 2 is 2.17 bits per heavy atom. The van der Waals surface area contributed by atoms with Crippen LogP contribution < -0.4 is 4.90 Å². The van der Waals surface area contributed by atoms with Crippen molar-refractivity contribution >= 4 is 23.6 Å². The van der Waals surface area contributed by atoms with Crippen molar-refractivity contribution in [1.29, 1.82) is 0 Å². The summed E-state index contributed by atoms with van der Waals surface area (Å²) < 4.78 is 5.97. The molecule has 0 aliphatic carbocycles. The average Bonchev–Trinajstić information content (AvgIpc) is 3.35. The Labute approximate surface area is 175 Å². The largest absolute Gasteiger partial charge is 0.376 e. The number of nitrogens with zero attached hydrogens (tertiary/aromatic N) is 4. The van der Waals surface area contributed by atoms with Gasteiger partial charge in [-0.05, 0) is 37.3 Å². The lowest BCUT2D eigenvalue weighted by atomic mass is 9.80. The standard InChI is InChI=1S/C22H26N4O2S/c1-29-18-6-3-2-5-16(18)12-25-10-8-22(14-25)15-28-13-17-11-23-21(24-20(17)22)26-9-4-7-19(26)27/h2-3,5-6,11H,4,7-10,12-15H2,1H3. The van der Waals surface area contributed by atoms with Crippen LogP contribution in [-0.4, -0.2) is 53.3 Å². The van der Waals surface area contributed by atoms with E-state index in [1.165, 1.54) is 10.5 Å². The van der Waals surface area contributed by atoms with E-state index in [0.29, 0.717) is 25.6 Å². The summed E-state index contributed by atoms with van der Waals surface area (Å²) in [6.45, 7) is 4.85. The van der Waals surface area contributed by atoms with Gasteiger partial charge in [-0.15, -0.1) is 11.8 Å². The molecule has 7 heteroatoms. The van der Waals surface area contributed by atoms with E-state index in [9.17, 15) is 4.79 Å². The second-order valence-electron chi connectivity index (χ2n) is 8.24. The Morgan fingerprint density at radius 1 is 1.28 bits per heavy atom. The zero-order valence-electron chi connectivity index (χ0n) is 16.8. The molecule has 29 heavy (non-hydrogen) atoms. The molecule has 5 rings (SSSR count). The Morgan fingerprint density at radius 3 is 3.00 bits per heavy atom. The van der Waals surface area contributed by atoms with Crippen molar-refractivity contribution in [2.45, 2.75) is 42.7 Å². The quantitative estimate of drug-likeness (QED) is 0.723. The first-order valence-corrected chi connectivity index (χ1v) is 11.5. The smallest absolute Gasteiger partial charge is 0.232 e. The van der Waals surface area contributed by atoms with Gasteiger partial charge >= 0.3 is 0 Å². The lowest BCUT2D eigenvalue weighted by Gasteiger charge is -2.35. The number of hydrogen-bond acceptors (Lipinski definition) is 6. The number of carbonyl (C=O) groups excluding carboxylic acids is 1. The normalized spacial score (nSPS) is 24.4. The van der Waals surface area contributed by atoms with E-state index in [-0.39, 0.29) is 11.3 Å². The van der Waals surface area contributed by atoms with E-state index in [1.807, 2.05) is 6.20 Å². The number of likely N-dealkylation sites (tertiary alicyclic amines) is 1. The average molecular weight is 411 g/mol. The molecule has 4 heterocycles. The molecule has 3 aliphatic rings. The number of anilines is 1. The summed E-state index contributed by atoms with van der Waals surface area (Å²) in [6.07, 6.45) is 6.50. The number of aromatic nitrogens is 2. The molecular formula is C22H26N4O2S. The molecule has 0 saturated carbocycles. The maximum Gasteiger partial charge on any atom is 0.232 e. The van der Waals surface area contributed by atoms with Crippen LogP contribution in [0.2, 0.25) is 0 Å². The van der Waals surface area contributed by atoms with Crippen LogP contribution in [0.3, 0.4) is 0 Å². The summed E-state index contributed by atoms with van der Waals surface area (Å²) in [4.78, 5) is 27.2. The van der Waals surface area contributed by atoms with E-state index in [0.717, 1.165) is 50.3 Å². The lowest BCUT2D eigenvalue weighted by Crippen LogP contribution is -2.41. The first kappa shape index (κ1) is 19.0. The fraction of sp³-hybridized carbons (Fsp3) is 0.500. The van der Waals surface area contributed by atoms with E-state index >= 15 is 0 Å². The maximum atomic E-state index is 12.2. The predicted octanol–water partition coefficient (Wildman–Crippen LogP) is 3.00. The van der Waals surface area contributed by atoms with Crippen LogP contribution >= 0.6 is 11.8 Å². The van der Waals surface area contributed by atoms with E-state index in [1.54, 1.807) is 16.7 Å². The minimum atomic E-state index is -0.109. The molecule has 1 spiro atoms. The van der Waals surface area contributed by atoms with Crippen molar-refractivity contribution in [3.63, 3.8) is 0 Å². The number of hydrogen-bond donors (Lipinski definition) is 0. The van der Waals surface area contributed by atoms with Crippen LogP contribution in [0.1, 0.15) is 36.1 Å². The molecule has 2 fully saturated rings. The van der Waals surface area contributed by atoms with Crippen LogP contribution in [-0.2, 0) is 28.1 Å². The van der Waals surface area contributed by atoms with Gasteiger partial charge in [0.15, 0.2) is 0 Å². The highest BCUT2D eigenvalue weighted by atomic mass is 32.2. The van der Waals surface area contributed by atoms with E-state index in [4.69, 9.17) is 9.72 Å². The Kier molecular flexibility index (Phi) is 5.05. The highest BCUT2D eigenvalue weighted by Gasteiger charge is 2.45. The molecule has 1 aromatic heterocycles. The molecule has 1 atom stereocenters. The first-order valence-electron chi connectivity index (χ1n) is 10.3. The monoisotopic (exact) mass is 410 g/mol. The zero-order valence-corrected chi connectivity index (χ0v) is 17.6. The van der Waals surface area contributed by atoms with Gasteiger partial charge in [0.25, 0.3) is 0 Å². The minimum absolute atomic E-state index is 0.109. The third-order valence-electron chi connectivity index (χ3n) is 6.32. The Bertz CT molecular complexity index is 937. The van der Waals surface area contributed by atoms with E-state index < -0.39 is 0 Å². The SMILES string of the molecule is CSc1ccccc1CN1CCC2(COCc3cnc(N4CCCC4=O)nc32)C1. The summed E-state index contributed by atoms with van der Waals surface area (Å²) in [5.41, 5.74) is 3.43. The number of benzene rings is 1. The van der Waals surface area contributed by atoms with Gasteiger partial charge in [-0.3, -0.25) is 14.6 Å². The molecule has 3 aliphatic heterocycles. The van der Waals surface area contributed by atoms with Crippen LogP contribution in [0.4, 0.5) is 5.95 Å². The predicted molar refractivity (Wildman–Crippen MR) is 113 cm³/mol. The van der Waals surface area contributed by atoms with Gasteiger partial charge in [-0.2, -0.15) is 0 Å². The highest BCUT2D eigenvalue weighted by Crippen LogP contribution is 2.40. The fourth-order valence-corrected chi connectivity index (χ4v) is 5.46. The van der Waals surface area contributed by atoms with Gasteiger partial charge in [0.1, 0.15) is 0 Å². The summed E-state index contributed by atoms with van der Waals surface area (Å²) >= 11 is 1.80. The van der Waals surface area contributed by atoms with Crippen molar-refractivity contribution < 1.29 is 9.53 Å². The third-order valence-corrected chi connectivity index (χ3v) is 7.16. The van der Waals surface area contributed by atoms with Crippen LogP contribution in [0.15, 0.2) is 35.4 Å². The molecule has 0 bridgehead atoms. The fourth-order valence-electron chi connectivity index (χ4n) is 4.86. The molecule has 0 radical (unpaired) electrons. The van der Waals surface area contributed by atoms with Gasteiger partial charge in [0.2, 0.25) is 11.9 Å². The number of amides is 1. The third kappa shape index (κ3) is 3.45. The van der Waals surface area contributed by atoms with E-state index in [2.05, 4.69) is 40.4 Å². The summed E-state index contributed by atoms with van der Waals surface area (Å²) in [7, 11) is 0. The maximum absolute atomic E-state index is 12.2. The van der Waals surface area contributed by atoms with Crippen molar-refractivity contribution in [1.82, 2.24) is 14.9 Å². The molecule has 0 N–H and O–H groups in total. The second-order valence-corrected chi connectivity index (χ2v) is 9.09. The van der Waals surface area contributed by atoms with Gasteiger partial charge in [-0.25, -0.2) is 9.97 Å². The van der Waals surface area contributed by atoms with Gasteiger partial charge in [0.05, 0.1) is 24.3 Å². The Hall–Kier alpha value is -1.96. The molecule has 6 nitrogen and oxygen atoms in total. The number of fused-ring (bicyclic) bond motifs is 2. The number of carbonyl (C=O) groups is 1. The topological polar surface area (TPSA) is 58.6 Å². The minimum Gasteiger partial charge on any atom is -0.376 e. The summed E-state index contributed by atoms with van der Waals surface area (Å²) in [6, 6.07) is 8.63. The Balaban J connectivity index is 1.41. The van der Waals surface area contributed by atoms with Gasteiger partial charge in [-0.1, -0.05) is 18.2 Å². The van der Waals surface area contributed by atoms with Crippen molar-refractivity contribution in [3.05, 3.63) is 47.3 Å². The lowest BCUT2D eigenvalue weighted by molar-refractivity contribution is -0.117. The van der Waals surface area contributed by atoms with Crippen LogP contribution in [0, 0.1) is 0 Å². The number of ether oxygens (including phenoxy) is 1. The van der Waals surface area contributed by atoms with Gasteiger partial charge < -0.3 is 4.74 Å².